The Hall–Kier alpha value is -1.09. The zero-order chi connectivity index (χ0) is 10.1. The molecular formula is C11H14O3. The van der Waals surface area contributed by atoms with Gasteiger partial charge in [-0.25, -0.2) is 0 Å². The molecule has 2 unspecified atom stereocenters. The quantitative estimate of drug-likeness (QED) is 0.677. The van der Waals surface area contributed by atoms with Crippen LogP contribution in [0.1, 0.15) is 29.7 Å². The van der Waals surface area contributed by atoms with E-state index >= 15 is 0 Å². The summed E-state index contributed by atoms with van der Waals surface area (Å²) in [5.74, 6) is 1.29. The third kappa shape index (κ3) is 1.73. The topological polar surface area (TPSA) is 39.4 Å². The van der Waals surface area contributed by atoms with Crippen LogP contribution in [-0.4, -0.2) is 18.5 Å². The Morgan fingerprint density at radius 2 is 2.29 bits per heavy atom. The monoisotopic (exact) mass is 194 g/mol. The molecule has 3 nitrogen and oxygen atoms in total. The summed E-state index contributed by atoms with van der Waals surface area (Å²) in [4.78, 5) is 11.8. The van der Waals surface area contributed by atoms with E-state index in [1.165, 1.54) is 0 Å². The predicted molar refractivity (Wildman–Crippen MR) is 51.3 cm³/mol. The Balaban J connectivity index is 2.09. The molecule has 76 valence electrons. The van der Waals surface area contributed by atoms with E-state index in [2.05, 4.69) is 0 Å². The molecule has 0 radical (unpaired) electrons. The molecule has 0 N–H and O–H groups in total. The second-order valence-corrected chi connectivity index (χ2v) is 3.85. The molecule has 1 fully saturated rings. The molecule has 0 aromatic carbocycles. The highest BCUT2D eigenvalue weighted by molar-refractivity contribution is 5.95. The summed E-state index contributed by atoms with van der Waals surface area (Å²) in [5, 5.41) is 0. The molecule has 0 aliphatic carbocycles. The van der Waals surface area contributed by atoms with Crippen LogP contribution in [0.5, 0.6) is 0 Å². The minimum Gasteiger partial charge on any atom is -0.458 e. The molecule has 0 amide bonds. The van der Waals surface area contributed by atoms with Gasteiger partial charge in [0.1, 0.15) is 5.76 Å². The first-order valence-electron chi connectivity index (χ1n) is 4.89. The molecule has 2 heterocycles. The lowest BCUT2D eigenvalue weighted by atomic mass is 9.99. The SMILES string of the molecule is Cc1ccc(C(=O)C2COC(C)C2)o1. The second kappa shape index (κ2) is 3.58. The first kappa shape index (κ1) is 9.46. The largest absolute Gasteiger partial charge is 0.458 e. The van der Waals surface area contributed by atoms with Crippen molar-refractivity contribution in [1.29, 1.82) is 0 Å². The number of ether oxygens (including phenoxy) is 1. The van der Waals surface area contributed by atoms with Gasteiger partial charge in [0.2, 0.25) is 5.78 Å². The van der Waals surface area contributed by atoms with Crippen molar-refractivity contribution < 1.29 is 13.9 Å². The highest BCUT2D eigenvalue weighted by Crippen LogP contribution is 2.23. The van der Waals surface area contributed by atoms with E-state index in [0.29, 0.717) is 12.4 Å². The molecule has 0 saturated carbocycles. The first-order valence-corrected chi connectivity index (χ1v) is 4.89. The Morgan fingerprint density at radius 3 is 2.79 bits per heavy atom. The number of furan rings is 1. The van der Waals surface area contributed by atoms with Crippen LogP contribution < -0.4 is 0 Å². The van der Waals surface area contributed by atoms with Crippen LogP contribution in [0.25, 0.3) is 0 Å². The van der Waals surface area contributed by atoms with E-state index < -0.39 is 0 Å². The predicted octanol–water partition coefficient (Wildman–Crippen LogP) is 2.20. The Labute approximate surface area is 83.0 Å². The van der Waals surface area contributed by atoms with Crippen LogP contribution in [0, 0.1) is 12.8 Å². The fraction of sp³-hybridized carbons (Fsp3) is 0.545. The van der Waals surface area contributed by atoms with Crippen molar-refractivity contribution in [3.8, 4) is 0 Å². The first-order chi connectivity index (χ1) is 6.66. The van der Waals surface area contributed by atoms with Gasteiger partial charge in [0.25, 0.3) is 0 Å². The van der Waals surface area contributed by atoms with Gasteiger partial charge in [-0.05, 0) is 32.4 Å². The maximum atomic E-state index is 11.8. The normalized spacial score (nSPS) is 26.7. The average molecular weight is 194 g/mol. The van der Waals surface area contributed by atoms with Crippen molar-refractivity contribution in [3.63, 3.8) is 0 Å². The molecule has 1 aliphatic heterocycles. The zero-order valence-electron chi connectivity index (χ0n) is 8.45. The molecular weight excluding hydrogens is 180 g/mol. The van der Waals surface area contributed by atoms with Gasteiger partial charge in [0.05, 0.1) is 18.6 Å². The molecule has 3 heteroatoms. The minimum absolute atomic E-state index is 0.0180. The molecule has 1 aromatic heterocycles. The molecule has 2 rings (SSSR count). The van der Waals surface area contributed by atoms with Gasteiger partial charge in [-0.15, -0.1) is 0 Å². The summed E-state index contributed by atoms with van der Waals surface area (Å²) < 4.78 is 10.6. The van der Waals surface area contributed by atoms with Crippen LogP contribution in [-0.2, 0) is 4.74 Å². The van der Waals surface area contributed by atoms with E-state index in [9.17, 15) is 4.79 Å². The Morgan fingerprint density at radius 1 is 1.50 bits per heavy atom. The number of hydrogen-bond acceptors (Lipinski definition) is 3. The summed E-state index contributed by atoms with van der Waals surface area (Å²) >= 11 is 0. The second-order valence-electron chi connectivity index (χ2n) is 3.85. The number of hydrogen-bond donors (Lipinski definition) is 0. The highest BCUT2D eigenvalue weighted by Gasteiger charge is 2.30. The molecule has 1 saturated heterocycles. The highest BCUT2D eigenvalue weighted by atomic mass is 16.5. The van der Waals surface area contributed by atoms with Crippen LogP contribution >= 0.6 is 0 Å². The number of ketones is 1. The molecule has 1 aliphatic rings. The average Bonchev–Trinajstić information content (AvgIpc) is 2.73. The standard InChI is InChI=1S/C11H14O3/c1-7-3-4-10(14-7)11(12)9-5-8(2)13-6-9/h3-4,8-9H,5-6H2,1-2H3. The molecule has 0 bridgehead atoms. The van der Waals surface area contributed by atoms with Crippen molar-refractivity contribution in [2.24, 2.45) is 5.92 Å². The third-order valence-electron chi connectivity index (χ3n) is 2.55. The summed E-state index contributed by atoms with van der Waals surface area (Å²) in [5.41, 5.74) is 0. The zero-order valence-corrected chi connectivity index (χ0v) is 8.45. The Kier molecular flexibility index (Phi) is 2.42. The number of carbonyl (C=O) groups excluding carboxylic acids is 1. The van der Waals surface area contributed by atoms with Gasteiger partial charge in [0, 0.05) is 0 Å². The van der Waals surface area contributed by atoms with Gasteiger partial charge in [-0.1, -0.05) is 0 Å². The third-order valence-corrected chi connectivity index (χ3v) is 2.55. The van der Waals surface area contributed by atoms with Gasteiger partial charge >= 0.3 is 0 Å². The van der Waals surface area contributed by atoms with Crippen LogP contribution in [0.4, 0.5) is 0 Å². The van der Waals surface area contributed by atoms with Crippen molar-refractivity contribution in [1.82, 2.24) is 0 Å². The molecule has 0 spiro atoms. The van der Waals surface area contributed by atoms with E-state index in [0.717, 1.165) is 12.2 Å². The van der Waals surface area contributed by atoms with E-state index in [4.69, 9.17) is 9.15 Å². The van der Waals surface area contributed by atoms with Crippen molar-refractivity contribution in [2.45, 2.75) is 26.4 Å². The fourth-order valence-electron chi connectivity index (χ4n) is 1.77. The molecule has 14 heavy (non-hydrogen) atoms. The van der Waals surface area contributed by atoms with Gasteiger partial charge in [-0.2, -0.15) is 0 Å². The van der Waals surface area contributed by atoms with Gasteiger partial charge < -0.3 is 9.15 Å². The van der Waals surface area contributed by atoms with Crippen LogP contribution in [0.2, 0.25) is 0 Å². The number of carbonyl (C=O) groups is 1. The summed E-state index contributed by atoms with van der Waals surface area (Å²) in [7, 11) is 0. The Bertz CT molecular complexity index is 340. The van der Waals surface area contributed by atoms with E-state index in [1.54, 1.807) is 6.07 Å². The maximum absolute atomic E-state index is 11.8. The van der Waals surface area contributed by atoms with Crippen LogP contribution in [0.3, 0.4) is 0 Å². The van der Waals surface area contributed by atoms with Crippen LogP contribution in [0.15, 0.2) is 16.5 Å². The molecule has 2 atom stereocenters. The lowest BCUT2D eigenvalue weighted by Crippen LogP contribution is -2.14. The number of rotatable bonds is 2. The summed E-state index contributed by atoms with van der Waals surface area (Å²) in [6.07, 6.45) is 0.999. The summed E-state index contributed by atoms with van der Waals surface area (Å²) in [6.45, 7) is 4.35. The van der Waals surface area contributed by atoms with Gasteiger partial charge in [0.15, 0.2) is 5.76 Å². The van der Waals surface area contributed by atoms with Crippen molar-refractivity contribution in [2.75, 3.05) is 6.61 Å². The minimum atomic E-state index is -0.0180. The molecule has 1 aromatic rings. The van der Waals surface area contributed by atoms with Crippen molar-refractivity contribution in [3.05, 3.63) is 23.7 Å². The lowest BCUT2D eigenvalue weighted by molar-refractivity contribution is 0.0850. The van der Waals surface area contributed by atoms with Crippen molar-refractivity contribution >= 4 is 5.78 Å². The fourth-order valence-corrected chi connectivity index (χ4v) is 1.77. The lowest BCUT2D eigenvalue weighted by Gasteiger charge is -2.02. The maximum Gasteiger partial charge on any atom is 0.203 e. The van der Waals surface area contributed by atoms with E-state index in [-0.39, 0.29) is 17.8 Å². The van der Waals surface area contributed by atoms with E-state index in [1.807, 2.05) is 19.9 Å². The summed E-state index contributed by atoms with van der Waals surface area (Å²) in [6, 6.07) is 3.55. The number of aryl methyl sites for hydroxylation is 1. The van der Waals surface area contributed by atoms with Gasteiger partial charge in [-0.3, -0.25) is 4.79 Å². The smallest absolute Gasteiger partial charge is 0.203 e. The number of Topliss-reactive ketones (excluding diaryl/α,β-unsaturated/α-hetero) is 1.